The average Bonchev–Trinajstić information content (AvgIpc) is 4.01. The van der Waals surface area contributed by atoms with Gasteiger partial charge in [-0.25, -0.2) is 0 Å². The van der Waals surface area contributed by atoms with Crippen molar-refractivity contribution in [1.29, 1.82) is 0 Å². The molecular formula is C53H103N5O6. The fourth-order valence-electron chi connectivity index (χ4n) is 8.04. The van der Waals surface area contributed by atoms with Gasteiger partial charge in [-0.2, -0.15) is 0 Å². The number of piperidine rings is 1. The van der Waals surface area contributed by atoms with E-state index in [-0.39, 0.29) is 56.3 Å². The smallest absolute Gasteiger partial charge is 0.225 e. The van der Waals surface area contributed by atoms with Crippen LogP contribution in [0.1, 0.15) is 187 Å². The highest BCUT2D eigenvalue weighted by atomic mass is 16.2. The Kier molecular flexibility index (Phi) is 35.4. The molecule has 11 heteroatoms. The van der Waals surface area contributed by atoms with Gasteiger partial charge in [-0.3, -0.25) is 28.8 Å². The first-order valence-electron chi connectivity index (χ1n) is 25.0. The van der Waals surface area contributed by atoms with Crippen LogP contribution in [0.5, 0.6) is 0 Å². The van der Waals surface area contributed by atoms with E-state index in [1.54, 1.807) is 0 Å². The Bertz CT molecular complexity index is 1290. The van der Waals surface area contributed by atoms with E-state index in [9.17, 15) is 28.8 Å². The molecule has 0 bridgehead atoms. The Hall–Kier alpha value is -2.50. The van der Waals surface area contributed by atoms with Gasteiger partial charge in [-0.15, -0.1) is 0 Å². The van der Waals surface area contributed by atoms with Crippen LogP contribution in [0.4, 0.5) is 0 Å². The molecule has 0 spiro atoms. The van der Waals surface area contributed by atoms with E-state index in [1.165, 1.54) is 51.6 Å². The molecule has 1 saturated carbocycles. The zero-order chi connectivity index (χ0) is 46.8. The predicted molar refractivity (Wildman–Crippen MR) is 268 cm³/mol. The SMILES string of the molecule is C.C.CC(C)C(=O)CC1CCC1.CC(C)C(=O)CC1CCNC1.CC(C)C(=O)CCCN1CCCC1.CC(C)C(=O)CCCN1CCCC1=O.CC(C)C(=O)N(C)C1CCN(C)CC1. The Labute approximate surface area is 394 Å². The minimum Gasteiger partial charge on any atom is -0.343 e. The first-order valence-corrected chi connectivity index (χ1v) is 25.0. The van der Waals surface area contributed by atoms with Crippen molar-refractivity contribution in [3.63, 3.8) is 0 Å². The Morgan fingerprint density at radius 2 is 1.08 bits per heavy atom. The molecule has 11 nitrogen and oxygen atoms in total. The summed E-state index contributed by atoms with van der Waals surface area (Å²) in [7, 11) is 4.08. The van der Waals surface area contributed by atoms with Crippen molar-refractivity contribution < 1.29 is 28.8 Å². The van der Waals surface area contributed by atoms with Gasteiger partial charge in [0.05, 0.1) is 0 Å². The fourth-order valence-corrected chi connectivity index (χ4v) is 8.04. The molecule has 5 rings (SSSR count). The quantitative estimate of drug-likeness (QED) is 0.143. The summed E-state index contributed by atoms with van der Waals surface area (Å²) in [6, 6.07) is 0.459. The summed E-state index contributed by atoms with van der Waals surface area (Å²) in [4.78, 5) is 76.6. The van der Waals surface area contributed by atoms with Crippen LogP contribution in [0, 0.1) is 41.4 Å². The molecule has 1 N–H and O–H groups in total. The van der Waals surface area contributed by atoms with Gasteiger partial charge < -0.3 is 24.9 Å². The summed E-state index contributed by atoms with van der Waals surface area (Å²) in [6.07, 6.45) is 16.6. The topological polar surface area (TPSA) is 127 Å². The number of likely N-dealkylation sites (tertiary alicyclic amines) is 3. The maximum Gasteiger partial charge on any atom is 0.225 e. The zero-order valence-corrected chi connectivity index (χ0v) is 42.0. The lowest BCUT2D eigenvalue weighted by Crippen LogP contribution is -2.45. The first-order chi connectivity index (χ1) is 29.2. The standard InChI is InChI=1S/C11H22N2O.C11H19NO2.C11H21NO.C9H17NO.C9H16O.2CH4/c1-9(2)11(14)13(4)10-5-7-12(3)8-6-10;1-9(2)10(13)5-3-7-12-8-4-6-11(12)14;1-10(2)11(13)6-5-9-12-7-3-4-8-12;1-7(2)9(11)5-8-3-4-10-6-8;1-7(2)9(10)6-8-4-3-5-8;;/h9-10H,5-8H2,1-4H3;9H,3-8H2,1-2H3;10H,3-9H2,1-2H3;7-8,10H,3-6H2,1-2H3;7-8H,3-6H2,1-2H3;2*1H4. The number of hydrogen-bond acceptors (Lipinski definition) is 9. The van der Waals surface area contributed by atoms with Crippen molar-refractivity contribution in [2.45, 2.75) is 193 Å². The summed E-state index contributed by atoms with van der Waals surface area (Å²) < 4.78 is 0. The maximum absolute atomic E-state index is 11.7. The van der Waals surface area contributed by atoms with Crippen LogP contribution in [0.3, 0.4) is 0 Å². The van der Waals surface area contributed by atoms with Crippen LogP contribution >= 0.6 is 0 Å². The normalized spacial score (nSPS) is 19.0. The van der Waals surface area contributed by atoms with Crippen molar-refractivity contribution in [2.75, 3.05) is 73.0 Å². The number of amides is 2. The van der Waals surface area contributed by atoms with Crippen LogP contribution < -0.4 is 5.32 Å². The summed E-state index contributed by atoms with van der Waals surface area (Å²) in [5.41, 5.74) is 0. The summed E-state index contributed by atoms with van der Waals surface area (Å²) >= 11 is 0. The molecule has 64 heavy (non-hydrogen) atoms. The summed E-state index contributed by atoms with van der Waals surface area (Å²) in [6.45, 7) is 29.3. The summed E-state index contributed by atoms with van der Waals surface area (Å²) in [5.74, 6) is 4.42. The lowest BCUT2D eigenvalue weighted by molar-refractivity contribution is -0.136. The first kappa shape index (κ1) is 63.6. The van der Waals surface area contributed by atoms with Crippen molar-refractivity contribution in [3.05, 3.63) is 0 Å². The molecule has 0 aromatic rings. The second-order valence-corrected chi connectivity index (χ2v) is 20.4. The number of nitrogens with one attached hydrogen (secondary N) is 1. The number of ketones is 4. The third kappa shape index (κ3) is 27.9. The van der Waals surface area contributed by atoms with E-state index in [1.807, 2.05) is 86.1 Å². The van der Waals surface area contributed by atoms with Crippen molar-refractivity contribution >= 4 is 34.9 Å². The van der Waals surface area contributed by atoms with Gasteiger partial charge in [0.25, 0.3) is 0 Å². The van der Waals surface area contributed by atoms with Gasteiger partial charge in [-0.05, 0) is 116 Å². The Morgan fingerprint density at radius 1 is 0.594 bits per heavy atom. The largest absolute Gasteiger partial charge is 0.343 e. The highest BCUT2D eigenvalue weighted by Crippen LogP contribution is 2.30. The molecule has 4 aliphatic heterocycles. The number of carbonyl (C=O) groups excluding carboxylic acids is 6. The van der Waals surface area contributed by atoms with Gasteiger partial charge >= 0.3 is 0 Å². The lowest BCUT2D eigenvalue weighted by Gasteiger charge is -2.35. The second-order valence-electron chi connectivity index (χ2n) is 20.4. The molecule has 1 unspecified atom stereocenters. The van der Waals surface area contributed by atoms with Crippen molar-refractivity contribution in [1.82, 2.24) is 24.9 Å². The van der Waals surface area contributed by atoms with Crippen LogP contribution in [0.25, 0.3) is 0 Å². The molecule has 2 amide bonds. The number of Topliss-reactive ketones (excluding diaryl/α,β-unsaturated/α-hetero) is 4. The highest BCUT2D eigenvalue weighted by Gasteiger charge is 2.26. The Balaban J connectivity index is 0. The van der Waals surface area contributed by atoms with Crippen LogP contribution in [-0.4, -0.2) is 134 Å². The summed E-state index contributed by atoms with van der Waals surface area (Å²) in [5, 5.41) is 3.26. The fraction of sp³-hybridized carbons (Fsp3) is 0.887. The van der Waals surface area contributed by atoms with Gasteiger partial charge in [0.15, 0.2) is 0 Å². The van der Waals surface area contributed by atoms with Crippen molar-refractivity contribution in [2.24, 2.45) is 41.4 Å². The van der Waals surface area contributed by atoms with E-state index >= 15 is 0 Å². The molecule has 0 radical (unpaired) electrons. The van der Waals surface area contributed by atoms with Crippen molar-refractivity contribution in [3.8, 4) is 0 Å². The second kappa shape index (κ2) is 35.7. The molecule has 376 valence electrons. The van der Waals surface area contributed by atoms with Gasteiger partial charge in [-0.1, -0.05) is 103 Å². The maximum atomic E-state index is 11.7. The average molecular weight is 906 g/mol. The van der Waals surface area contributed by atoms with E-state index in [0.717, 1.165) is 103 Å². The van der Waals surface area contributed by atoms with E-state index in [2.05, 4.69) is 22.2 Å². The molecule has 1 aliphatic carbocycles. The molecule has 1 atom stereocenters. The van der Waals surface area contributed by atoms with Crippen LogP contribution in [0.2, 0.25) is 0 Å². The number of rotatable bonds is 18. The number of hydrogen-bond donors (Lipinski definition) is 1. The van der Waals surface area contributed by atoms with Crippen LogP contribution in [0.15, 0.2) is 0 Å². The number of carbonyl (C=O) groups is 6. The van der Waals surface area contributed by atoms with Gasteiger partial charge in [0.2, 0.25) is 11.8 Å². The molecule has 5 fully saturated rings. The molecule has 0 aromatic heterocycles. The third-order valence-corrected chi connectivity index (χ3v) is 13.1. The van der Waals surface area contributed by atoms with E-state index < -0.39 is 0 Å². The third-order valence-electron chi connectivity index (χ3n) is 13.1. The molecule has 4 saturated heterocycles. The monoisotopic (exact) mass is 906 g/mol. The molecule has 5 aliphatic rings. The minimum atomic E-state index is 0. The number of nitrogens with zero attached hydrogens (tertiary/aromatic N) is 4. The van der Waals surface area contributed by atoms with Gasteiger partial charge in [0.1, 0.15) is 23.1 Å². The van der Waals surface area contributed by atoms with E-state index in [0.29, 0.717) is 47.9 Å². The lowest BCUT2D eigenvalue weighted by atomic mass is 9.80. The van der Waals surface area contributed by atoms with Gasteiger partial charge in [0, 0.05) is 87.9 Å². The molecule has 0 aromatic carbocycles. The molecular weight excluding hydrogens is 803 g/mol. The zero-order valence-electron chi connectivity index (χ0n) is 42.0. The predicted octanol–water partition coefficient (Wildman–Crippen LogP) is 9.78. The highest BCUT2D eigenvalue weighted by molar-refractivity contribution is 5.82. The Morgan fingerprint density at radius 3 is 1.47 bits per heavy atom. The van der Waals surface area contributed by atoms with E-state index in [4.69, 9.17) is 0 Å². The minimum absolute atomic E-state index is 0. The van der Waals surface area contributed by atoms with Crippen LogP contribution in [-0.2, 0) is 28.8 Å². The molecule has 4 heterocycles.